The normalized spacial score (nSPS) is 14.8. The number of hydrogen-bond acceptors (Lipinski definition) is 7. The van der Waals surface area contributed by atoms with E-state index >= 15 is 0 Å². The molecule has 1 aliphatic rings. The zero-order chi connectivity index (χ0) is 33.7. The van der Waals surface area contributed by atoms with E-state index < -0.39 is 14.3 Å². The molecular formula is C34H42BrN3O7Si. The van der Waals surface area contributed by atoms with Gasteiger partial charge in [0.1, 0.15) is 18.1 Å². The van der Waals surface area contributed by atoms with Crippen LogP contribution in [0.2, 0.25) is 18.1 Å². The Balaban J connectivity index is 1.74. The fourth-order valence-electron chi connectivity index (χ4n) is 5.82. The SMILES string of the molecule is C=CCOC(=O)c1c(C)[nH]c2c(O[Si](C)(C)C(C)(C)C)cc3c(c12)C(CBr)CN3C(=O)c1cc2cc(OC)c(OC)c(OC)c2[nH]1. The molecule has 0 fully saturated rings. The Morgan fingerprint density at radius 3 is 2.33 bits per heavy atom. The number of anilines is 1. The van der Waals surface area contributed by atoms with Crippen LogP contribution in [0.3, 0.4) is 0 Å². The number of aromatic nitrogens is 2. The molecule has 1 unspecified atom stereocenters. The second-order valence-corrected chi connectivity index (χ2v) is 18.4. The zero-order valence-electron chi connectivity index (χ0n) is 27.9. The second kappa shape index (κ2) is 12.4. The Kier molecular flexibility index (Phi) is 8.99. The van der Waals surface area contributed by atoms with Gasteiger partial charge in [-0.25, -0.2) is 4.79 Å². The molecule has 0 bridgehead atoms. The van der Waals surface area contributed by atoms with E-state index in [4.69, 9.17) is 23.4 Å². The smallest absolute Gasteiger partial charge is 0.340 e. The third kappa shape index (κ3) is 5.44. The number of alkyl halides is 1. The lowest BCUT2D eigenvalue weighted by Crippen LogP contribution is -2.44. The van der Waals surface area contributed by atoms with Gasteiger partial charge in [0.15, 0.2) is 11.5 Å². The number of benzene rings is 2. The number of fused-ring (bicyclic) bond motifs is 4. The number of esters is 1. The molecule has 10 nitrogen and oxygen atoms in total. The molecule has 0 saturated heterocycles. The van der Waals surface area contributed by atoms with Gasteiger partial charge >= 0.3 is 5.97 Å². The van der Waals surface area contributed by atoms with Crippen molar-refractivity contribution in [3.8, 4) is 23.0 Å². The molecule has 246 valence electrons. The maximum absolute atomic E-state index is 14.4. The van der Waals surface area contributed by atoms with Gasteiger partial charge in [0.2, 0.25) is 5.75 Å². The Morgan fingerprint density at radius 2 is 1.74 bits per heavy atom. The third-order valence-corrected chi connectivity index (χ3v) is 14.3. The van der Waals surface area contributed by atoms with E-state index in [1.54, 1.807) is 31.3 Å². The molecule has 5 rings (SSSR count). The van der Waals surface area contributed by atoms with Crippen molar-refractivity contribution in [2.75, 3.05) is 44.7 Å². The zero-order valence-corrected chi connectivity index (χ0v) is 30.5. The number of aryl methyl sites for hydroxylation is 1. The van der Waals surface area contributed by atoms with Crippen molar-refractivity contribution >= 4 is 63.6 Å². The maximum Gasteiger partial charge on any atom is 0.340 e. The first kappa shape index (κ1) is 33.5. The molecule has 2 aromatic heterocycles. The van der Waals surface area contributed by atoms with E-state index in [0.717, 1.165) is 16.5 Å². The number of nitrogens with zero attached hydrogens (tertiary/aromatic N) is 1. The molecule has 1 atom stereocenters. The van der Waals surface area contributed by atoms with Crippen molar-refractivity contribution in [2.24, 2.45) is 0 Å². The van der Waals surface area contributed by atoms with Crippen LogP contribution in [0.15, 0.2) is 30.9 Å². The highest BCUT2D eigenvalue weighted by atomic mass is 79.9. The highest BCUT2D eigenvalue weighted by molar-refractivity contribution is 9.09. The molecule has 0 aliphatic carbocycles. The Bertz CT molecular complexity index is 1850. The van der Waals surface area contributed by atoms with Gasteiger partial charge in [0, 0.05) is 40.3 Å². The molecule has 1 aliphatic heterocycles. The van der Waals surface area contributed by atoms with E-state index in [0.29, 0.717) is 68.4 Å². The second-order valence-electron chi connectivity index (χ2n) is 13.0. The quantitative estimate of drug-likeness (QED) is 0.0745. The van der Waals surface area contributed by atoms with Gasteiger partial charge in [-0.3, -0.25) is 4.79 Å². The van der Waals surface area contributed by atoms with Gasteiger partial charge in [0.25, 0.3) is 14.2 Å². The summed E-state index contributed by atoms with van der Waals surface area (Å²) in [4.78, 5) is 36.4. The number of halogens is 1. The first-order valence-corrected chi connectivity index (χ1v) is 19.1. The average molecular weight is 713 g/mol. The molecule has 3 heterocycles. The van der Waals surface area contributed by atoms with Gasteiger partial charge in [0.05, 0.1) is 43.6 Å². The fraction of sp³-hybridized carbons (Fsp3) is 0.412. The van der Waals surface area contributed by atoms with Crippen molar-refractivity contribution in [1.29, 1.82) is 0 Å². The molecule has 1 amide bonds. The summed E-state index contributed by atoms with van der Waals surface area (Å²) in [5.74, 6) is 1.16. The van der Waals surface area contributed by atoms with Crippen LogP contribution in [-0.4, -0.2) is 70.0 Å². The number of nitrogens with one attached hydrogen (secondary N) is 2. The van der Waals surface area contributed by atoms with Crippen LogP contribution in [-0.2, 0) is 4.74 Å². The number of methoxy groups -OCH3 is 3. The summed E-state index contributed by atoms with van der Waals surface area (Å²) in [6.45, 7) is 16.9. The van der Waals surface area contributed by atoms with E-state index in [1.807, 2.05) is 19.1 Å². The van der Waals surface area contributed by atoms with Crippen LogP contribution in [0.25, 0.3) is 21.8 Å². The highest BCUT2D eigenvalue weighted by Crippen LogP contribution is 2.50. The van der Waals surface area contributed by atoms with E-state index in [9.17, 15) is 9.59 Å². The lowest BCUT2D eigenvalue weighted by Gasteiger charge is -2.36. The summed E-state index contributed by atoms with van der Waals surface area (Å²) < 4.78 is 29.2. The number of H-pyrrole nitrogens is 2. The molecule has 2 N–H and O–H groups in total. The van der Waals surface area contributed by atoms with E-state index in [2.05, 4.69) is 66.3 Å². The number of carbonyl (C=O) groups is 2. The molecule has 0 saturated carbocycles. The van der Waals surface area contributed by atoms with Crippen LogP contribution in [0, 0.1) is 6.92 Å². The van der Waals surface area contributed by atoms with Crippen molar-refractivity contribution in [3.63, 3.8) is 0 Å². The van der Waals surface area contributed by atoms with E-state index in [1.165, 1.54) is 7.11 Å². The first-order chi connectivity index (χ1) is 21.7. The summed E-state index contributed by atoms with van der Waals surface area (Å²) in [5.41, 5.74) is 4.38. The fourth-order valence-corrected chi connectivity index (χ4v) is 7.37. The predicted molar refractivity (Wildman–Crippen MR) is 188 cm³/mol. The minimum absolute atomic E-state index is 0.0825. The number of ether oxygens (including phenoxy) is 4. The Morgan fingerprint density at radius 1 is 1.04 bits per heavy atom. The first-order valence-electron chi connectivity index (χ1n) is 15.1. The number of hydrogen-bond donors (Lipinski definition) is 2. The van der Waals surface area contributed by atoms with Crippen LogP contribution in [0.5, 0.6) is 23.0 Å². The molecule has 2 aromatic carbocycles. The molecule has 12 heteroatoms. The Labute approximate surface area is 278 Å². The van der Waals surface area contributed by atoms with Crippen LogP contribution in [0.1, 0.15) is 58.8 Å². The van der Waals surface area contributed by atoms with Gasteiger partial charge in [-0.15, -0.1) is 0 Å². The number of aromatic amines is 2. The lowest BCUT2D eigenvalue weighted by molar-refractivity contribution is 0.0551. The van der Waals surface area contributed by atoms with Crippen molar-refractivity contribution < 1.29 is 33.0 Å². The van der Waals surface area contributed by atoms with Crippen LogP contribution in [0.4, 0.5) is 5.69 Å². The molecule has 0 radical (unpaired) electrons. The van der Waals surface area contributed by atoms with E-state index in [-0.39, 0.29) is 23.5 Å². The summed E-state index contributed by atoms with van der Waals surface area (Å²) in [7, 11) is 2.29. The van der Waals surface area contributed by atoms with Crippen molar-refractivity contribution in [1.82, 2.24) is 9.97 Å². The van der Waals surface area contributed by atoms with Crippen LogP contribution >= 0.6 is 15.9 Å². The lowest BCUT2D eigenvalue weighted by atomic mass is 9.96. The standard InChI is InChI=1S/C34H42BrN3O7Si/c1-11-12-44-33(40)25-18(2)36-29-23(45-46(9,10)34(3,4)5)15-22-26(27(25)29)20(16-35)17-38(22)32(39)21-13-19-14-24(41-6)30(42-7)31(43-8)28(19)37-21/h11,13-15,20,36-37H,1,12,16-17H2,2-10H3. The van der Waals surface area contributed by atoms with Crippen molar-refractivity contribution in [2.45, 2.75) is 51.7 Å². The number of rotatable bonds is 10. The minimum atomic E-state index is -2.35. The van der Waals surface area contributed by atoms with Gasteiger partial charge < -0.3 is 38.2 Å². The summed E-state index contributed by atoms with van der Waals surface area (Å²) >= 11 is 3.69. The van der Waals surface area contributed by atoms with Gasteiger partial charge in [-0.1, -0.05) is 49.4 Å². The number of carbonyl (C=O) groups excluding carboxylic acids is 2. The Hall–Kier alpha value is -3.90. The summed E-state index contributed by atoms with van der Waals surface area (Å²) in [5, 5.41) is 1.93. The van der Waals surface area contributed by atoms with Crippen molar-refractivity contribution in [3.05, 3.63) is 53.4 Å². The minimum Gasteiger partial charge on any atom is -0.542 e. The summed E-state index contributed by atoms with van der Waals surface area (Å²) in [6, 6.07) is 5.54. The number of amides is 1. The topological polar surface area (TPSA) is 115 Å². The monoisotopic (exact) mass is 711 g/mol. The molecule has 46 heavy (non-hydrogen) atoms. The largest absolute Gasteiger partial charge is 0.542 e. The highest BCUT2D eigenvalue weighted by Gasteiger charge is 2.42. The molecular weight excluding hydrogens is 670 g/mol. The van der Waals surface area contributed by atoms with Gasteiger partial charge in [-0.05, 0) is 42.8 Å². The molecule has 0 spiro atoms. The maximum atomic E-state index is 14.4. The summed E-state index contributed by atoms with van der Waals surface area (Å²) in [6.07, 6.45) is 1.54. The average Bonchev–Trinajstić information content (AvgIpc) is 3.70. The molecule has 4 aromatic rings. The predicted octanol–water partition coefficient (Wildman–Crippen LogP) is 7.85. The van der Waals surface area contributed by atoms with Crippen LogP contribution < -0.4 is 23.5 Å². The van der Waals surface area contributed by atoms with Gasteiger partial charge in [-0.2, -0.15) is 0 Å². The third-order valence-electron chi connectivity index (χ3n) is 9.14.